The van der Waals surface area contributed by atoms with Crippen LogP contribution in [-0.2, 0) is 6.42 Å². The van der Waals surface area contributed by atoms with Crippen LogP contribution >= 0.6 is 15.9 Å². The van der Waals surface area contributed by atoms with Crippen molar-refractivity contribution in [2.24, 2.45) is 0 Å². The van der Waals surface area contributed by atoms with E-state index in [1.165, 1.54) is 0 Å². The van der Waals surface area contributed by atoms with Crippen LogP contribution < -0.4 is 5.32 Å². The average Bonchev–Trinajstić information content (AvgIpc) is 2.85. The fourth-order valence-corrected chi connectivity index (χ4v) is 2.08. The van der Waals surface area contributed by atoms with Crippen LogP contribution in [0.25, 0.3) is 11.5 Å². The Kier molecular flexibility index (Phi) is 4.43. The first-order chi connectivity index (χ1) is 8.74. The van der Waals surface area contributed by atoms with Crippen LogP contribution in [0.5, 0.6) is 0 Å². The van der Waals surface area contributed by atoms with Crippen molar-refractivity contribution in [3.63, 3.8) is 0 Å². The third-order valence-electron chi connectivity index (χ3n) is 2.76. The summed E-state index contributed by atoms with van der Waals surface area (Å²) in [4.78, 5) is 8.60. The van der Waals surface area contributed by atoms with Crippen LogP contribution in [0.4, 0.5) is 0 Å². The summed E-state index contributed by atoms with van der Waals surface area (Å²) in [6, 6.07) is 4.11. The van der Waals surface area contributed by atoms with Crippen molar-refractivity contribution in [1.82, 2.24) is 20.4 Å². The van der Waals surface area contributed by atoms with Crippen LogP contribution in [-0.4, -0.2) is 28.2 Å². The Labute approximate surface area is 114 Å². The van der Waals surface area contributed by atoms with E-state index in [4.69, 9.17) is 4.52 Å². The molecule has 0 aliphatic heterocycles. The molecule has 2 aromatic heterocycles. The molecule has 0 amide bonds. The lowest BCUT2D eigenvalue weighted by Gasteiger charge is -2.09. The van der Waals surface area contributed by atoms with E-state index in [9.17, 15) is 0 Å². The molecule has 1 atom stereocenters. The lowest BCUT2D eigenvalue weighted by molar-refractivity contribution is 0.359. The number of nitrogens with zero attached hydrogens (tertiary/aromatic N) is 3. The van der Waals surface area contributed by atoms with E-state index in [-0.39, 0.29) is 0 Å². The van der Waals surface area contributed by atoms with Crippen molar-refractivity contribution in [2.45, 2.75) is 25.8 Å². The molecule has 2 heterocycles. The Bertz CT molecular complexity index is 510. The quantitative estimate of drug-likeness (QED) is 0.919. The molecular weight excluding hydrogens is 296 g/mol. The Balaban J connectivity index is 2.18. The molecular formula is C12H15BrN4O. The largest absolute Gasteiger partial charge is 0.339 e. The molecule has 0 radical (unpaired) electrons. The van der Waals surface area contributed by atoms with Gasteiger partial charge in [-0.25, -0.2) is 0 Å². The second kappa shape index (κ2) is 6.06. The van der Waals surface area contributed by atoms with E-state index in [0.29, 0.717) is 23.5 Å². The summed E-state index contributed by atoms with van der Waals surface area (Å²) in [5.41, 5.74) is 0.699. The summed E-state index contributed by atoms with van der Waals surface area (Å²) in [6.07, 6.45) is 3.45. The van der Waals surface area contributed by atoms with Gasteiger partial charge in [0, 0.05) is 23.1 Å². The maximum atomic E-state index is 5.25. The molecule has 1 N–H and O–H groups in total. The van der Waals surface area contributed by atoms with E-state index < -0.39 is 0 Å². The summed E-state index contributed by atoms with van der Waals surface area (Å²) in [5.74, 6) is 1.15. The van der Waals surface area contributed by atoms with Crippen molar-refractivity contribution in [1.29, 1.82) is 0 Å². The van der Waals surface area contributed by atoms with Gasteiger partial charge in [0.25, 0.3) is 0 Å². The Hall–Kier alpha value is -1.27. The van der Waals surface area contributed by atoms with Gasteiger partial charge in [-0.3, -0.25) is 4.98 Å². The fraction of sp³-hybridized carbons (Fsp3) is 0.417. The second-order valence-corrected chi connectivity index (χ2v) is 4.80. The van der Waals surface area contributed by atoms with E-state index in [2.05, 4.69) is 43.3 Å². The maximum absolute atomic E-state index is 5.25. The molecule has 0 fully saturated rings. The molecule has 0 aliphatic carbocycles. The number of pyridine rings is 1. The predicted octanol–water partition coefficient (Wildman–Crippen LogP) is 2.43. The molecule has 2 rings (SSSR count). The van der Waals surface area contributed by atoms with Gasteiger partial charge >= 0.3 is 0 Å². The van der Waals surface area contributed by atoms with Gasteiger partial charge in [0.05, 0.1) is 0 Å². The highest BCUT2D eigenvalue weighted by atomic mass is 79.9. The first-order valence-corrected chi connectivity index (χ1v) is 6.64. The molecule has 96 valence electrons. The summed E-state index contributed by atoms with van der Waals surface area (Å²) in [5, 5.41) is 7.17. The minimum absolute atomic E-state index is 0.352. The topological polar surface area (TPSA) is 63.8 Å². The number of nitrogens with one attached hydrogen (secondary N) is 1. The molecule has 1 unspecified atom stereocenters. The van der Waals surface area contributed by atoms with Crippen molar-refractivity contribution in [3.8, 4) is 11.5 Å². The maximum Gasteiger partial charge on any atom is 0.228 e. The molecule has 18 heavy (non-hydrogen) atoms. The normalized spacial score (nSPS) is 12.6. The highest BCUT2D eigenvalue weighted by Gasteiger charge is 2.15. The van der Waals surface area contributed by atoms with Gasteiger partial charge < -0.3 is 9.84 Å². The number of aromatic nitrogens is 3. The zero-order chi connectivity index (χ0) is 13.0. The van der Waals surface area contributed by atoms with Crippen molar-refractivity contribution >= 4 is 15.9 Å². The van der Waals surface area contributed by atoms with E-state index in [0.717, 1.165) is 17.3 Å². The first-order valence-electron chi connectivity index (χ1n) is 5.85. The van der Waals surface area contributed by atoms with Crippen LogP contribution in [0.1, 0.15) is 19.2 Å². The van der Waals surface area contributed by atoms with Crippen molar-refractivity contribution in [2.75, 3.05) is 7.05 Å². The smallest absolute Gasteiger partial charge is 0.228 e. The van der Waals surface area contributed by atoms with Gasteiger partial charge in [-0.2, -0.15) is 4.98 Å². The lowest BCUT2D eigenvalue weighted by Crippen LogP contribution is -2.26. The second-order valence-electron chi connectivity index (χ2n) is 3.94. The molecule has 0 spiro atoms. The minimum atomic E-state index is 0.352. The molecule has 0 aliphatic rings. The summed E-state index contributed by atoms with van der Waals surface area (Å²) < 4.78 is 6.11. The SMILES string of the molecule is CCC(Cc1nc(-c2ncccc2Br)no1)NC. The minimum Gasteiger partial charge on any atom is -0.339 e. The van der Waals surface area contributed by atoms with Crippen LogP contribution in [0.2, 0.25) is 0 Å². The number of rotatable bonds is 5. The average molecular weight is 311 g/mol. The summed E-state index contributed by atoms with van der Waals surface area (Å²) in [7, 11) is 1.93. The van der Waals surface area contributed by atoms with Crippen LogP contribution in [0.3, 0.4) is 0 Å². The Morgan fingerprint density at radius 3 is 3.00 bits per heavy atom. The van der Waals surface area contributed by atoms with E-state index >= 15 is 0 Å². The molecule has 0 saturated carbocycles. The number of hydrogen-bond acceptors (Lipinski definition) is 5. The van der Waals surface area contributed by atoms with E-state index in [1.54, 1.807) is 6.20 Å². The molecule has 6 heteroatoms. The lowest BCUT2D eigenvalue weighted by atomic mass is 10.1. The van der Waals surface area contributed by atoms with Crippen molar-refractivity contribution < 1.29 is 4.52 Å². The van der Waals surface area contributed by atoms with Gasteiger partial charge in [-0.15, -0.1) is 0 Å². The molecule has 5 nitrogen and oxygen atoms in total. The number of likely N-dealkylation sites (N-methyl/N-ethyl adjacent to an activating group) is 1. The summed E-state index contributed by atoms with van der Waals surface area (Å²) >= 11 is 3.42. The molecule has 2 aromatic rings. The summed E-state index contributed by atoms with van der Waals surface area (Å²) in [6.45, 7) is 2.12. The first kappa shape index (κ1) is 13.2. The van der Waals surface area contributed by atoms with E-state index in [1.807, 2.05) is 19.2 Å². The monoisotopic (exact) mass is 310 g/mol. The van der Waals surface area contributed by atoms with Crippen LogP contribution in [0, 0.1) is 0 Å². The van der Waals surface area contributed by atoms with Crippen LogP contribution in [0.15, 0.2) is 27.3 Å². The predicted molar refractivity (Wildman–Crippen MR) is 72.1 cm³/mol. The fourth-order valence-electron chi connectivity index (χ4n) is 1.65. The number of halogens is 1. The Morgan fingerprint density at radius 1 is 1.50 bits per heavy atom. The zero-order valence-corrected chi connectivity index (χ0v) is 11.9. The van der Waals surface area contributed by atoms with Crippen molar-refractivity contribution in [3.05, 3.63) is 28.7 Å². The van der Waals surface area contributed by atoms with Gasteiger partial charge in [0.1, 0.15) is 5.69 Å². The molecule has 0 aromatic carbocycles. The third kappa shape index (κ3) is 2.94. The van der Waals surface area contributed by atoms with Gasteiger partial charge in [-0.1, -0.05) is 12.1 Å². The van der Waals surface area contributed by atoms with Gasteiger partial charge in [-0.05, 0) is 41.5 Å². The molecule has 0 saturated heterocycles. The third-order valence-corrected chi connectivity index (χ3v) is 3.40. The highest BCUT2D eigenvalue weighted by Crippen LogP contribution is 2.23. The Morgan fingerprint density at radius 2 is 2.33 bits per heavy atom. The van der Waals surface area contributed by atoms with Gasteiger partial charge in [0.15, 0.2) is 0 Å². The standard InChI is InChI=1S/C12H15BrN4O/c1-3-8(14-2)7-10-16-12(17-18-10)11-9(13)5-4-6-15-11/h4-6,8,14H,3,7H2,1-2H3. The van der Waals surface area contributed by atoms with Gasteiger partial charge in [0.2, 0.25) is 11.7 Å². The highest BCUT2D eigenvalue weighted by molar-refractivity contribution is 9.10. The molecule has 0 bridgehead atoms. The zero-order valence-electron chi connectivity index (χ0n) is 10.4. The number of hydrogen-bond donors (Lipinski definition) is 1.